The summed E-state index contributed by atoms with van der Waals surface area (Å²) in [5.74, 6) is 0.361. The van der Waals surface area contributed by atoms with Gasteiger partial charge in [0.05, 0.1) is 0 Å². The zero-order valence-corrected chi connectivity index (χ0v) is 18.1. The maximum absolute atomic E-state index is 9.36. The molecule has 0 radical (unpaired) electrons. The van der Waals surface area contributed by atoms with Gasteiger partial charge < -0.3 is 5.11 Å². The van der Waals surface area contributed by atoms with Gasteiger partial charge in [0.1, 0.15) is 5.75 Å². The fraction of sp³-hybridized carbons (Fsp3) is 0.421. The van der Waals surface area contributed by atoms with Crippen LogP contribution in [-0.2, 0) is 25.4 Å². The summed E-state index contributed by atoms with van der Waals surface area (Å²) in [6.07, 6.45) is 10.0. The third-order valence-electron chi connectivity index (χ3n) is 2.51. The van der Waals surface area contributed by atoms with Crippen LogP contribution in [-0.4, -0.2) is 8.92 Å². The van der Waals surface area contributed by atoms with Crippen molar-refractivity contribution in [1.29, 1.82) is 0 Å². The molecule has 0 bridgehead atoms. The number of aromatic hydroxyl groups is 1. The van der Waals surface area contributed by atoms with Gasteiger partial charge in [0, 0.05) is 0 Å². The van der Waals surface area contributed by atoms with Crippen molar-refractivity contribution in [3.05, 3.63) is 53.6 Å². The van der Waals surface area contributed by atoms with E-state index in [0.717, 1.165) is 12.0 Å². The van der Waals surface area contributed by atoms with Gasteiger partial charge in [-0.3, -0.25) is 6.08 Å². The van der Waals surface area contributed by atoms with Crippen LogP contribution in [0.25, 0.3) is 0 Å². The molecule has 0 saturated carbocycles. The number of aryl methyl sites for hydroxylation is 1. The summed E-state index contributed by atoms with van der Waals surface area (Å²) in [5, 5.41) is 9.36. The predicted octanol–water partition coefficient (Wildman–Crippen LogP) is 5.89. The molecule has 0 atom stereocenters. The minimum Gasteiger partial charge on any atom is -0.508 e. The van der Waals surface area contributed by atoms with E-state index in [0.29, 0.717) is 5.75 Å². The largest absolute Gasteiger partial charge is 0.508 e. The quantitative estimate of drug-likeness (QED) is 0.431. The summed E-state index contributed by atoms with van der Waals surface area (Å²) < 4.78 is 1.42. The van der Waals surface area contributed by atoms with Crippen molar-refractivity contribution in [3.63, 3.8) is 0 Å². The smallest absolute Gasteiger partial charge is 0.116 e. The van der Waals surface area contributed by atoms with Crippen LogP contribution < -0.4 is 0 Å². The Morgan fingerprint density at radius 3 is 1.91 bits per heavy atom. The second-order valence-corrected chi connectivity index (χ2v) is 7.87. The molecule has 0 fully saturated rings. The van der Waals surface area contributed by atoms with Crippen molar-refractivity contribution in [2.24, 2.45) is 0 Å². The average Bonchev–Trinajstić information content (AvgIpc) is 2.83. The molecule has 0 unspecified atom stereocenters. The fourth-order valence-corrected chi connectivity index (χ4v) is 1.54. The summed E-state index contributed by atoms with van der Waals surface area (Å²) in [4.78, 5) is 0. The number of phenols is 1. The molecule has 0 aromatic heterocycles. The minimum atomic E-state index is 0. The Balaban J connectivity index is -0.000000305. The Labute approximate surface area is 166 Å². The number of allylic oxidation sites excluding steroid dienone is 4. The van der Waals surface area contributed by atoms with E-state index >= 15 is 0 Å². The fourth-order valence-electron chi connectivity index (χ4n) is 1.54. The molecule has 0 saturated heterocycles. The van der Waals surface area contributed by atoms with Gasteiger partial charge in [0.25, 0.3) is 0 Å². The minimum absolute atomic E-state index is 0. The second kappa shape index (κ2) is 14.0. The summed E-state index contributed by atoms with van der Waals surface area (Å²) in [5.41, 5.74) is 2.41. The van der Waals surface area contributed by atoms with Crippen LogP contribution in [0.1, 0.15) is 52.2 Å². The van der Waals surface area contributed by atoms with E-state index in [1.54, 1.807) is 6.07 Å². The van der Waals surface area contributed by atoms with Crippen LogP contribution in [0.3, 0.4) is 0 Å². The third-order valence-corrected chi connectivity index (χ3v) is 2.51. The molecule has 0 aliphatic heterocycles. The van der Waals surface area contributed by atoms with E-state index in [1.807, 2.05) is 25.1 Å². The first-order valence-electron chi connectivity index (χ1n) is 7.17. The van der Waals surface area contributed by atoms with Crippen LogP contribution >= 0.6 is 24.8 Å². The maximum Gasteiger partial charge on any atom is 0.116 e. The van der Waals surface area contributed by atoms with E-state index in [2.05, 4.69) is 72.8 Å². The molecule has 1 nitrogen and oxygen atoms in total. The Hall–Kier alpha value is -0.336. The van der Waals surface area contributed by atoms with Gasteiger partial charge in [-0.25, -0.2) is 12.2 Å². The molecule has 1 N–H and O–H groups in total. The molecule has 0 amide bonds. The third kappa shape index (κ3) is 16.3. The van der Waals surface area contributed by atoms with E-state index in [9.17, 15) is 5.11 Å². The van der Waals surface area contributed by atoms with Crippen LogP contribution in [0.4, 0.5) is 0 Å². The van der Waals surface area contributed by atoms with Crippen LogP contribution in [0.5, 0.6) is 5.75 Å². The number of phenolic OH excluding ortho intramolecular Hbond substituents is 1. The molecule has 23 heavy (non-hydrogen) atoms. The zero-order chi connectivity index (χ0) is 16.5. The normalized spacial score (nSPS) is 11.1. The Kier molecular flexibility index (Phi) is 16.8. The predicted molar refractivity (Wildman–Crippen MR) is 104 cm³/mol. The molecule has 0 spiro atoms. The molecule has 1 aromatic rings. The monoisotopic (exact) mass is 391 g/mol. The van der Waals surface area contributed by atoms with Crippen LogP contribution in [0.2, 0.25) is 0 Å². The van der Waals surface area contributed by atoms with Gasteiger partial charge in [0.2, 0.25) is 0 Å². The van der Waals surface area contributed by atoms with Gasteiger partial charge in [-0.05, 0) is 35.6 Å². The number of hydrogen-bond acceptors (Lipinski definition) is 1. The SMILES string of the molecule is C[C](C)=[Ti+].Cc1cc(O)cc(C(C)(C)C)c1.Cl.Cl.[C-]1=CC=CC1. The van der Waals surface area contributed by atoms with Crippen molar-refractivity contribution in [2.75, 3.05) is 0 Å². The molecule has 0 heterocycles. The molecule has 1 aromatic carbocycles. The molecule has 1 aliphatic carbocycles. The van der Waals surface area contributed by atoms with E-state index < -0.39 is 0 Å². The zero-order valence-electron chi connectivity index (χ0n) is 14.9. The van der Waals surface area contributed by atoms with Gasteiger partial charge in [-0.15, -0.1) is 31.2 Å². The van der Waals surface area contributed by atoms with E-state index in [1.165, 1.54) is 9.37 Å². The number of halogens is 2. The standard InChI is InChI=1S/C11H16O.C5H5.C3H6.2ClH.Ti/c1-8-5-9(11(2,3)4)7-10(12)6-8;1-2-4-5-3-1;1-3-2;;;/h5-7,12H,1-4H3;1-3H,4H2;1-2H3;2*1H;/q;-1;;;;+1. The Morgan fingerprint density at radius 1 is 1.13 bits per heavy atom. The van der Waals surface area contributed by atoms with Gasteiger partial charge in [-0.2, -0.15) is 6.08 Å². The topological polar surface area (TPSA) is 20.2 Å². The van der Waals surface area contributed by atoms with Gasteiger partial charge in [-0.1, -0.05) is 26.8 Å². The van der Waals surface area contributed by atoms with Crippen LogP contribution in [0.15, 0.2) is 36.4 Å². The molecule has 1 aliphatic rings. The van der Waals surface area contributed by atoms with Gasteiger partial charge in [0.15, 0.2) is 0 Å². The number of rotatable bonds is 0. The maximum atomic E-state index is 9.36. The van der Waals surface area contributed by atoms with Gasteiger partial charge >= 0.3 is 37.6 Å². The average molecular weight is 392 g/mol. The first kappa shape index (κ1) is 27.5. The molecule has 2 rings (SSSR count). The van der Waals surface area contributed by atoms with E-state index in [-0.39, 0.29) is 30.2 Å². The van der Waals surface area contributed by atoms with E-state index in [4.69, 9.17) is 0 Å². The number of hydrogen-bond donors (Lipinski definition) is 1. The van der Waals surface area contributed by atoms with Crippen molar-refractivity contribution >= 4 is 28.6 Å². The molecule has 4 heteroatoms. The van der Waals surface area contributed by atoms with Crippen LogP contribution in [0, 0.1) is 13.0 Å². The van der Waals surface area contributed by atoms with Crippen molar-refractivity contribution < 1.29 is 25.1 Å². The summed E-state index contributed by atoms with van der Waals surface area (Å²) in [6.45, 7) is 12.6. The summed E-state index contributed by atoms with van der Waals surface area (Å²) >= 11 is 2.08. The molecule has 129 valence electrons. The van der Waals surface area contributed by atoms with Crippen molar-refractivity contribution in [3.8, 4) is 5.75 Å². The van der Waals surface area contributed by atoms with Crippen molar-refractivity contribution in [1.82, 2.24) is 0 Å². The first-order chi connectivity index (χ1) is 9.62. The Morgan fingerprint density at radius 2 is 1.65 bits per heavy atom. The Bertz CT molecular complexity index is 480. The van der Waals surface area contributed by atoms with Crippen molar-refractivity contribution in [2.45, 2.75) is 53.4 Å². The molecular weight excluding hydrogens is 363 g/mol. The summed E-state index contributed by atoms with van der Waals surface area (Å²) in [7, 11) is 0. The summed E-state index contributed by atoms with van der Waals surface area (Å²) in [6, 6.07) is 5.71. The number of benzene rings is 1. The first-order valence-corrected chi connectivity index (χ1v) is 7.95. The second-order valence-electron chi connectivity index (χ2n) is 6.31. The molecular formula is C19H29Cl2OTi.